The van der Waals surface area contributed by atoms with E-state index in [9.17, 15) is 0 Å². The molecule has 0 aliphatic heterocycles. The Labute approximate surface area is 320 Å². The minimum Gasteiger partial charge on any atom is -0.456 e. The summed E-state index contributed by atoms with van der Waals surface area (Å²) in [7, 11) is 0. The third-order valence-corrected chi connectivity index (χ3v) is 11.8. The van der Waals surface area contributed by atoms with Gasteiger partial charge in [-0.1, -0.05) is 141 Å². The Morgan fingerprint density at radius 1 is 0.364 bits per heavy atom. The summed E-state index contributed by atoms with van der Waals surface area (Å²) in [6, 6.07) is 68.6. The van der Waals surface area contributed by atoms with Crippen LogP contribution in [-0.4, -0.2) is 0 Å². The second kappa shape index (κ2) is 12.1. The highest BCUT2D eigenvalue weighted by Crippen LogP contribution is 2.51. The fraction of sp³-hybridized carbons (Fsp3) is 0.0566. The zero-order valence-electron chi connectivity index (χ0n) is 30.8. The fourth-order valence-electron chi connectivity index (χ4n) is 9.03. The molecule has 11 rings (SSSR count). The molecule has 0 saturated heterocycles. The third kappa shape index (κ3) is 5.02. The van der Waals surface area contributed by atoms with Gasteiger partial charge in [-0.3, -0.25) is 0 Å². The number of hydrogen-bond acceptors (Lipinski definition) is 2. The molecule has 0 radical (unpaired) electrons. The van der Waals surface area contributed by atoms with Crippen LogP contribution in [0.15, 0.2) is 192 Å². The van der Waals surface area contributed by atoms with Crippen molar-refractivity contribution >= 4 is 60.5 Å². The lowest BCUT2D eigenvalue weighted by atomic mass is 9.82. The number of para-hydroxylation sites is 1. The van der Waals surface area contributed by atoms with Crippen molar-refractivity contribution in [1.29, 1.82) is 0 Å². The summed E-state index contributed by atoms with van der Waals surface area (Å²) in [5.74, 6) is 0. The van der Waals surface area contributed by atoms with Gasteiger partial charge in [0.25, 0.3) is 0 Å². The van der Waals surface area contributed by atoms with E-state index in [1.165, 1.54) is 66.1 Å². The number of hydrogen-bond donors (Lipinski definition) is 0. The highest BCUT2D eigenvalue weighted by Gasteiger charge is 2.35. The van der Waals surface area contributed by atoms with Crippen LogP contribution in [0.2, 0.25) is 0 Å². The topological polar surface area (TPSA) is 16.4 Å². The first-order valence-corrected chi connectivity index (χ1v) is 19.1. The van der Waals surface area contributed by atoms with Crippen molar-refractivity contribution in [2.24, 2.45) is 0 Å². The van der Waals surface area contributed by atoms with E-state index < -0.39 is 0 Å². The Hall–Kier alpha value is -6.90. The number of benzene rings is 9. The van der Waals surface area contributed by atoms with Gasteiger partial charge in [0.1, 0.15) is 11.2 Å². The monoisotopic (exact) mass is 703 g/mol. The maximum Gasteiger partial charge on any atom is 0.136 e. The van der Waals surface area contributed by atoms with E-state index >= 15 is 0 Å². The van der Waals surface area contributed by atoms with Gasteiger partial charge in [-0.15, -0.1) is 0 Å². The van der Waals surface area contributed by atoms with Crippen LogP contribution in [0.25, 0.3) is 76.9 Å². The Morgan fingerprint density at radius 3 is 1.96 bits per heavy atom. The van der Waals surface area contributed by atoms with Gasteiger partial charge in [0.15, 0.2) is 0 Å². The predicted octanol–water partition coefficient (Wildman–Crippen LogP) is 15.0. The summed E-state index contributed by atoms with van der Waals surface area (Å²) in [5, 5.41) is 7.18. The molecule has 0 bridgehead atoms. The predicted molar refractivity (Wildman–Crippen MR) is 232 cm³/mol. The number of nitrogens with zero attached hydrogens (tertiary/aromatic N) is 1. The summed E-state index contributed by atoms with van der Waals surface area (Å²) in [4.78, 5) is 2.41. The van der Waals surface area contributed by atoms with Gasteiger partial charge >= 0.3 is 0 Å². The van der Waals surface area contributed by atoms with Crippen LogP contribution >= 0.6 is 0 Å². The van der Waals surface area contributed by atoms with Crippen molar-refractivity contribution in [2.45, 2.75) is 19.3 Å². The summed E-state index contributed by atoms with van der Waals surface area (Å²) < 4.78 is 6.24. The molecule has 0 N–H and O–H groups in total. The molecule has 10 aromatic rings. The molecule has 260 valence electrons. The average Bonchev–Trinajstić information content (AvgIpc) is 3.70. The Morgan fingerprint density at radius 2 is 1.05 bits per heavy atom. The SMILES string of the molecule is CC1(C)c2ccccc2-c2cc(N(c3ccc(-c4ccc5cc6c(cc5c4)oc4ccccc46)cc3)c3cccc(-c4cccc5ccccc45)c3)ccc21. The molecule has 2 heteroatoms. The number of rotatable bonds is 5. The Balaban J connectivity index is 1.03. The van der Waals surface area contributed by atoms with Crippen molar-refractivity contribution in [1.82, 2.24) is 0 Å². The van der Waals surface area contributed by atoms with E-state index in [1.807, 2.05) is 12.1 Å². The van der Waals surface area contributed by atoms with Gasteiger partial charge in [0.05, 0.1) is 0 Å². The maximum atomic E-state index is 6.24. The lowest BCUT2D eigenvalue weighted by Crippen LogP contribution is -2.15. The standard InChI is InChI=1S/C53H37NO/c1-53(2)49-19-7-5-16-45(49)47-33-42(27-28-50(47)53)54(41-14-9-13-38(30-41)44-18-10-12-35-11-3-4-15-43(35)44)40-25-23-34(24-26-40)36-21-22-37-31-48-46-17-6-8-20-51(46)55-52(48)32-39(37)29-36/h3-33H,1-2H3. The van der Waals surface area contributed by atoms with E-state index in [0.717, 1.165) is 39.0 Å². The fourth-order valence-corrected chi connectivity index (χ4v) is 9.03. The second-order valence-corrected chi connectivity index (χ2v) is 15.4. The first kappa shape index (κ1) is 31.6. The second-order valence-electron chi connectivity index (χ2n) is 15.4. The number of fused-ring (bicyclic) bond motifs is 8. The molecule has 0 spiro atoms. The summed E-state index contributed by atoms with van der Waals surface area (Å²) in [6.45, 7) is 4.68. The van der Waals surface area contributed by atoms with Crippen molar-refractivity contribution in [3.8, 4) is 33.4 Å². The zero-order chi connectivity index (χ0) is 36.7. The normalized spacial score (nSPS) is 13.1. The van der Waals surface area contributed by atoms with Crippen molar-refractivity contribution in [2.75, 3.05) is 4.90 Å². The van der Waals surface area contributed by atoms with Crippen molar-refractivity contribution < 1.29 is 4.42 Å². The summed E-state index contributed by atoms with van der Waals surface area (Å²) in [5.41, 5.74) is 15.3. The van der Waals surface area contributed by atoms with E-state index in [2.05, 4.69) is 195 Å². The molecular weight excluding hydrogens is 667 g/mol. The molecule has 1 aliphatic rings. The van der Waals surface area contributed by atoms with Crippen LogP contribution in [0.3, 0.4) is 0 Å². The van der Waals surface area contributed by atoms with E-state index in [4.69, 9.17) is 4.42 Å². The minimum absolute atomic E-state index is 0.0543. The van der Waals surface area contributed by atoms with Gasteiger partial charge in [0, 0.05) is 33.2 Å². The van der Waals surface area contributed by atoms with Gasteiger partial charge in [-0.2, -0.15) is 0 Å². The highest BCUT2D eigenvalue weighted by atomic mass is 16.3. The molecule has 1 aromatic heterocycles. The van der Waals surface area contributed by atoms with Crippen LogP contribution in [0.4, 0.5) is 17.1 Å². The lowest BCUT2D eigenvalue weighted by molar-refractivity contribution is 0.660. The van der Waals surface area contributed by atoms with Gasteiger partial charge < -0.3 is 9.32 Å². The van der Waals surface area contributed by atoms with E-state index in [0.29, 0.717) is 0 Å². The lowest BCUT2D eigenvalue weighted by Gasteiger charge is -2.28. The van der Waals surface area contributed by atoms with Gasteiger partial charge in [-0.05, 0) is 127 Å². The number of furan rings is 1. The Bertz CT molecular complexity index is 3120. The third-order valence-electron chi connectivity index (χ3n) is 11.8. The molecule has 0 amide bonds. The van der Waals surface area contributed by atoms with Crippen LogP contribution in [0.5, 0.6) is 0 Å². The minimum atomic E-state index is -0.0543. The van der Waals surface area contributed by atoms with Crippen molar-refractivity contribution in [3.63, 3.8) is 0 Å². The van der Waals surface area contributed by atoms with Crippen LogP contribution in [-0.2, 0) is 5.41 Å². The highest BCUT2D eigenvalue weighted by molar-refractivity contribution is 6.10. The summed E-state index contributed by atoms with van der Waals surface area (Å²) >= 11 is 0. The first-order chi connectivity index (χ1) is 27.0. The molecule has 0 saturated carbocycles. The molecule has 0 fully saturated rings. The smallest absolute Gasteiger partial charge is 0.136 e. The quantitative estimate of drug-likeness (QED) is 0.177. The summed E-state index contributed by atoms with van der Waals surface area (Å²) in [6.07, 6.45) is 0. The Kier molecular flexibility index (Phi) is 6.93. The van der Waals surface area contributed by atoms with Crippen molar-refractivity contribution in [3.05, 3.63) is 199 Å². The average molecular weight is 704 g/mol. The van der Waals surface area contributed by atoms with Crippen LogP contribution in [0.1, 0.15) is 25.0 Å². The molecule has 2 nitrogen and oxygen atoms in total. The maximum absolute atomic E-state index is 6.24. The molecule has 1 heterocycles. The first-order valence-electron chi connectivity index (χ1n) is 19.1. The molecule has 9 aromatic carbocycles. The number of anilines is 3. The molecule has 55 heavy (non-hydrogen) atoms. The largest absolute Gasteiger partial charge is 0.456 e. The van der Waals surface area contributed by atoms with Gasteiger partial charge in [-0.25, -0.2) is 0 Å². The molecular formula is C53H37NO. The molecule has 0 unspecified atom stereocenters. The zero-order valence-corrected chi connectivity index (χ0v) is 30.8. The molecule has 1 aliphatic carbocycles. The van der Waals surface area contributed by atoms with Gasteiger partial charge in [0.2, 0.25) is 0 Å². The van der Waals surface area contributed by atoms with E-state index in [-0.39, 0.29) is 5.41 Å². The van der Waals surface area contributed by atoms with E-state index in [1.54, 1.807) is 0 Å². The van der Waals surface area contributed by atoms with Crippen LogP contribution < -0.4 is 4.90 Å². The van der Waals surface area contributed by atoms with Crippen LogP contribution in [0, 0.1) is 0 Å². The molecule has 0 atom stereocenters.